The summed E-state index contributed by atoms with van der Waals surface area (Å²) in [5.41, 5.74) is 7.13. The molecule has 0 aliphatic carbocycles. The normalized spacial score (nSPS) is 16.3. The SMILES string of the molecule is Cc1cn(-c2ccccc2)nc1OC(C)C(=O)N1CCC(C(N)=O)CC1. The maximum Gasteiger partial charge on any atom is 0.263 e. The fraction of sp³-hybridized carbons (Fsp3) is 0.421. The molecule has 1 fully saturated rings. The summed E-state index contributed by atoms with van der Waals surface area (Å²) in [5, 5.41) is 4.45. The average molecular weight is 356 g/mol. The predicted molar refractivity (Wildman–Crippen MR) is 96.9 cm³/mol. The van der Waals surface area contributed by atoms with Crippen LogP contribution in [0.5, 0.6) is 5.88 Å². The first-order valence-electron chi connectivity index (χ1n) is 8.82. The van der Waals surface area contributed by atoms with Gasteiger partial charge in [-0.3, -0.25) is 9.59 Å². The number of amides is 2. The Labute approximate surface area is 152 Å². The predicted octanol–water partition coefficient (Wildman–Crippen LogP) is 1.67. The molecule has 7 heteroatoms. The monoisotopic (exact) mass is 356 g/mol. The number of aryl methyl sites for hydroxylation is 1. The van der Waals surface area contributed by atoms with Crippen LogP contribution >= 0.6 is 0 Å². The molecular weight excluding hydrogens is 332 g/mol. The largest absolute Gasteiger partial charge is 0.463 e. The number of primary amides is 1. The number of benzene rings is 1. The third-order valence-electron chi connectivity index (χ3n) is 4.72. The molecule has 0 radical (unpaired) electrons. The first-order valence-corrected chi connectivity index (χ1v) is 8.82. The van der Waals surface area contributed by atoms with Crippen molar-refractivity contribution in [3.05, 3.63) is 42.1 Å². The summed E-state index contributed by atoms with van der Waals surface area (Å²) in [5.74, 6) is -0.0779. The zero-order valence-corrected chi connectivity index (χ0v) is 15.1. The van der Waals surface area contributed by atoms with Gasteiger partial charge in [-0.15, -0.1) is 5.10 Å². The molecule has 1 aromatic carbocycles. The lowest BCUT2D eigenvalue weighted by atomic mass is 9.96. The minimum atomic E-state index is -0.641. The maximum atomic E-state index is 12.6. The zero-order chi connectivity index (χ0) is 18.7. The third kappa shape index (κ3) is 3.87. The second-order valence-corrected chi connectivity index (χ2v) is 6.66. The fourth-order valence-electron chi connectivity index (χ4n) is 3.13. The van der Waals surface area contributed by atoms with E-state index in [2.05, 4.69) is 5.10 Å². The van der Waals surface area contributed by atoms with Gasteiger partial charge in [0.05, 0.1) is 5.69 Å². The van der Waals surface area contributed by atoms with E-state index in [1.54, 1.807) is 16.5 Å². The van der Waals surface area contributed by atoms with Crippen molar-refractivity contribution >= 4 is 11.8 Å². The van der Waals surface area contributed by atoms with Crippen molar-refractivity contribution in [1.82, 2.24) is 14.7 Å². The molecular formula is C19H24N4O3. The molecule has 1 aliphatic heterocycles. The van der Waals surface area contributed by atoms with Crippen molar-refractivity contribution in [2.75, 3.05) is 13.1 Å². The Morgan fingerprint density at radius 3 is 2.50 bits per heavy atom. The number of carbonyl (C=O) groups excluding carboxylic acids is 2. The average Bonchev–Trinajstić information content (AvgIpc) is 3.02. The van der Waals surface area contributed by atoms with Crippen molar-refractivity contribution in [3.8, 4) is 11.6 Å². The van der Waals surface area contributed by atoms with E-state index in [1.165, 1.54) is 0 Å². The Morgan fingerprint density at radius 2 is 1.88 bits per heavy atom. The first kappa shape index (κ1) is 18.0. The molecule has 1 unspecified atom stereocenters. The summed E-state index contributed by atoms with van der Waals surface area (Å²) in [4.78, 5) is 25.6. The second-order valence-electron chi connectivity index (χ2n) is 6.66. The van der Waals surface area contributed by atoms with Gasteiger partial charge in [0.1, 0.15) is 0 Å². The van der Waals surface area contributed by atoms with Crippen LogP contribution in [0.1, 0.15) is 25.3 Å². The van der Waals surface area contributed by atoms with E-state index in [0.29, 0.717) is 31.8 Å². The van der Waals surface area contributed by atoms with Crippen LogP contribution in [0.4, 0.5) is 0 Å². The summed E-state index contributed by atoms with van der Waals surface area (Å²) >= 11 is 0. The molecule has 7 nitrogen and oxygen atoms in total. The molecule has 0 bridgehead atoms. The minimum Gasteiger partial charge on any atom is -0.463 e. The smallest absolute Gasteiger partial charge is 0.263 e. The molecule has 26 heavy (non-hydrogen) atoms. The molecule has 2 amide bonds. The van der Waals surface area contributed by atoms with Crippen molar-refractivity contribution < 1.29 is 14.3 Å². The number of para-hydroxylation sites is 1. The van der Waals surface area contributed by atoms with E-state index in [9.17, 15) is 9.59 Å². The quantitative estimate of drug-likeness (QED) is 0.882. The fourth-order valence-corrected chi connectivity index (χ4v) is 3.13. The first-order chi connectivity index (χ1) is 12.5. The highest BCUT2D eigenvalue weighted by atomic mass is 16.5. The minimum absolute atomic E-state index is 0.0958. The van der Waals surface area contributed by atoms with Crippen molar-refractivity contribution in [3.63, 3.8) is 0 Å². The molecule has 138 valence electrons. The highest BCUT2D eigenvalue weighted by Crippen LogP contribution is 2.21. The number of ether oxygens (including phenoxy) is 1. The van der Waals surface area contributed by atoms with Gasteiger partial charge >= 0.3 is 0 Å². The zero-order valence-electron chi connectivity index (χ0n) is 15.1. The second kappa shape index (κ2) is 7.59. The lowest BCUT2D eigenvalue weighted by Crippen LogP contribution is -2.46. The van der Waals surface area contributed by atoms with Gasteiger partial charge in [-0.05, 0) is 38.8 Å². The summed E-state index contributed by atoms with van der Waals surface area (Å²) in [6.45, 7) is 4.68. The van der Waals surface area contributed by atoms with Crippen LogP contribution in [-0.2, 0) is 9.59 Å². The summed E-state index contributed by atoms with van der Waals surface area (Å²) in [6.07, 6.45) is 2.45. The van der Waals surface area contributed by atoms with E-state index in [-0.39, 0.29) is 17.7 Å². The van der Waals surface area contributed by atoms with Crippen LogP contribution in [0, 0.1) is 12.8 Å². The topological polar surface area (TPSA) is 90.5 Å². The van der Waals surface area contributed by atoms with Crippen molar-refractivity contribution in [2.24, 2.45) is 11.7 Å². The lowest BCUT2D eigenvalue weighted by molar-refractivity contribution is -0.140. The van der Waals surface area contributed by atoms with Crippen LogP contribution < -0.4 is 10.5 Å². The molecule has 3 rings (SSSR count). The molecule has 2 heterocycles. The number of nitrogens with two attached hydrogens (primary N) is 1. The van der Waals surface area contributed by atoms with Crippen LogP contribution in [-0.4, -0.2) is 45.7 Å². The standard InChI is InChI=1S/C19H24N4O3/c1-13-12-23(16-6-4-3-5-7-16)21-18(13)26-14(2)19(25)22-10-8-15(9-11-22)17(20)24/h3-7,12,14-15H,8-11H2,1-2H3,(H2,20,24). The Bertz CT molecular complexity index is 779. The van der Waals surface area contributed by atoms with Gasteiger partial charge in [0.15, 0.2) is 6.10 Å². The van der Waals surface area contributed by atoms with Gasteiger partial charge in [0.25, 0.3) is 5.91 Å². The molecule has 0 saturated carbocycles. The Balaban J connectivity index is 1.63. The lowest BCUT2D eigenvalue weighted by Gasteiger charge is -2.32. The van der Waals surface area contributed by atoms with Gasteiger partial charge in [0.2, 0.25) is 11.8 Å². The van der Waals surface area contributed by atoms with Gasteiger partial charge in [-0.2, -0.15) is 0 Å². The Hall–Kier alpha value is -2.83. The number of rotatable bonds is 5. The summed E-state index contributed by atoms with van der Waals surface area (Å²) < 4.78 is 7.56. The number of nitrogens with zero attached hydrogens (tertiary/aromatic N) is 3. The van der Waals surface area contributed by atoms with Gasteiger partial charge < -0.3 is 15.4 Å². The van der Waals surface area contributed by atoms with Gasteiger partial charge in [0, 0.05) is 30.8 Å². The van der Waals surface area contributed by atoms with Crippen LogP contribution in [0.3, 0.4) is 0 Å². The number of piperidine rings is 1. The third-order valence-corrected chi connectivity index (χ3v) is 4.72. The molecule has 0 spiro atoms. The van der Waals surface area contributed by atoms with E-state index in [0.717, 1.165) is 11.3 Å². The van der Waals surface area contributed by atoms with Gasteiger partial charge in [-0.1, -0.05) is 18.2 Å². The molecule has 2 aromatic rings. The molecule has 2 N–H and O–H groups in total. The van der Waals surface area contributed by atoms with Crippen LogP contribution in [0.25, 0.3) is 5.69 Å². The van der Waals surface area contributed by atoms with E-state index in [1.807, 2.05) is 43.5 Å². The van der Waals surface area contributed by atoms with Crippen LogP contribution in [0.15, 0.2) is 36.5 Å². The van der Waals surface area contributed by atoms with E-state index in [4.69, 9.17) is 10.5 Å². The maximum absolute atomic E-state index is 12.6. The molecule has 1 aliphatic rings. The van der Waals surface area contributed by atoms with Crippen molar-refractivity contribution in [2.45, 2.75) is 32.8 Å². The van der Waals surface area contributed by atoms with Crippen molar-refractivity contribution in [1.29, 1.82) is 0 Å². The number of aromatic nitrogens is 2. The molecule has 1 atom stereocenters. The number of hydrogen-bond donors (Lipinski definition) is 1. The number of carbonyl (C=O) groups is 2. The number of hydrogen-bond acceptors (Lipinski definition) is 4. The van der Waals surface area contributed by atoms with Crippen LogP contribution in [0.2, 0.25) is 0 Å². The Morgan fingerprint density at radius 1 is 1.23 bits per heavy atom. The highest BCUT2D eigenvalue weighted by Gasteiger charge is 2.29. The Kier molecular flexibility index (Phi) is 5.25. The van der Waals surface area contributed by atoms with Gasteiger partial charge in [-0.25, -0.2) is 4.68 Å². The molecule has 1 saturated heterocycles. The molecule has 1 aromatic heterocycles. The number of likely N-dealkylation sites (tertiary alicyclic amines) is 1. The van der Waals surface area contributed by atoms with E-state index < -0.39 is 6.10 Å². The summed E-state index contributed by atoms with van der Waals surface area (Å²) in [6, 6.07) is 9.73. The highest BCUT2D eigenvalue weighted by molar-refractivity contribution is 5.82. The van der Waals surface area contributed by atoms with E-state index >= 15 is 0 Å². The summed E-state index contributed by atoms with van der Waals surface area (Å²) in [7, 11) is 0.